The maximum absolute atomic E-state index is 12.5. The number of likely N-dealkylation sites (N-methyl/N-ethyl adjacent to an activating group) is 1. The van der Waals surface area contributed by atoms with Crippen LogP contribution in [0.3, 0.4) is 0 Å². The summed E-state index contributed by atoms with van der Waals surface area (Å²) in [6, 6.07) is 2.90. The van der Waals surface area contributed by atoms with Crippen molar-refractivity contribution in [3.05, 3.63) is 27.2 Å². The van der Waals surface area contributed by atoms with E-state index in [0.717, 1.165) is 0 Å². The smallest absolute Gasteiger partial charge is 0.328 e. The fourth-order valence-electron chi connectivity index (χ4n) is 3.15. The molecular formula is C16H14Cl2N4O3S. The first-order valence-electron chi connectivity index (χ1n) is 8.02. The van der Waals surface area contributed by atoms with Crippen LogP contribution in [-0.2, 0) is 11.3 Å². The van der Waals surface area contributed by atoms with E-state index in [-0.39, 0.29) is 34.3 Å². The molecule has 1 aliphatic heterocycles. The van der Waals surface area contributed by atoms with Crippen molar-refractivity contribution >= 4 is 46.5 Å². The molecule has 1 saturated carbocycles. The van der Waals surface area contributed by atoms with E-state index in [2.05, 4.69) is 10.2 Å². The monoisotopic (exact) mass is 412 g/mol. The van der Waals surface area contributed by atoms with Gasteiger partial charge in [-0.3, -0.25) is 9.69 Å². The maximum Gasteiger partial charge on any atom is 0.328 e. The summed E-state index contributed by atoms with van der Waals surface area (Å²) in [5, 5.41) is 19.5. The molecule has 0 radical (unpaired) electrons. The lowest BCUT2D eigenvalue weighted by Crippen LogP contribution is -2.36. The molecule has 1 N–H and O–H groups in total. The van der Waals surface area contributed by atoms with Gasteiger partial charge in [-0.2, -0.15) is 0 Å². The number of urea groups is 1. The van der Waals surface area contributed by atoms with Gasteiger partial charge < -0.3 is 10.0 Å². The second-order valence-electron chi connectivity index (χ2n) is 6.21. The minimum Gasteiger partial charge on any atom is -0.505 e. The molecule has 0 atom stereocenters. The molecule has 26 heavy (non-hydrogen) atoms. The third kappa shape index (κ3) is 2.47. The SMILES string of the molecule is CCN1C(=O)N(Cc2nnc(-c3ccc(Cl)c(O)c3Cl)s2)C2(CC2)C1=O. The Morgan fingerprint density at radius 1 is 1.27 bits per heavy atom. The number of rotatable bonds is 4. The van der Waals surface area contributed by atoms with Gasteiger partial charge >= 0.3 is 6.03 Å². The zero-order valence-corrected chi connectivity index (χ0v) is 16.0. The fraction of sp³-hybridized carbons (Fsp3) is 0.375. The number of imide groups is 1. The predicted molar refractivity (Wildman–Crippen MR) is 97.3 cm³/mol. The third-order valence-electron chi connectivity index (χ3n) is 4.72. The van der Waals surface area contributed by atoms with Crippen molar-refractivity contribution in [2.45, 2.75) is 31.8 Å². The molecule has 1 saturated heterocycles. The summed E-state index contributed by atoms with van der Waals surface area (Å²) in [6.45, 7) is 2.36. The molecule has 1 aromatic carbocycles. The van der Waals surface area contributed by atoms with Gasteiger partial charge in [-0.1, -0.05) is 34.5 Å². The molecule has 3 amide bonds. The zero-order valence-electron chi connectivity index (χ0n) is 13.7. The van der Waals surface area contributed by atoms with Gasteiger partial charge in [0.1, 0.15) is 15.6 Å². The number of amides is 3. The highest BCUT2D eigenvalue weighted by Gasteiger charge is 2.64. The second-order valence-corrected chi connectivity index (χ2v) is 8.06. The number of carbonyl (C=O) groups is 2. The highest BCUT2D eigenvalue weighted by Crippen LogP contribution is 2.49. The van der Waals surface area contributed by atoms with Crippen LogP contribution in [-0.4, -0.2) is 49.1 Å². The van der Waals surface area contributed by atoms with Crippen LogP contribution in [0.5, 0.6) is 5.75 Å². The lowest BCUT2D eigenvalue weighted by molar-refractivity contribution is -0.129. The zero-order chi connectivity index (χ0) is 18.6. The molecule has 10 heteroatoms. The van der Waals surface area contributed by atoms with Crippen LogP contribution >= 0.6 is 34.5 Å². The molecule has 2 aliphatic rings. The average Bonchev–Trinajstić information content (AvgIpc) is 3.25. The summed E-state index contributed by atoms with van der Waals surface area (Å²) in [6.07, 6.45) is 1.35. The summed E-state index contributed by atoms with van der Waals surface area (Å²) in [7, 11) is 0. The van der Waals surface area contributed by atoms with Crippen LogP contribution in [0, 0.1) is 0 Å². The number of aromatic hydroxyl groups is 1. The van der Waals surface area contributed by atoms with E-state index in [0.29, 0.717) is 35.0 Å². The van der Waals surface area contributed by atoms with Crippen molar-refractivity contribution in [2.75, 3.05) is 6.54 Å². The molecule has 0 bridgehead atoms. The minimum atomic E-state index is -0.699. The van der Waals surface area contributed by atoms with Gasteiger partial charge in [0.25, 0.3) is 5.91 Å². The Hall–Kier alpha value is -1.90. The van der Waals surface area contributed by atoms with Gasteiger partial charge in [-0.05, 0) is 31.9 Å². The van der Waals surface area contributed by atoms with E-state index in [1.54, 1.807) is 17.9 Å². The second kappa shape index (κ2) is 6.07. The Labute approximate surface area is 163 Å². The largest absolute Gasteiger partial charge is 0.505 e. The summed E-state index contributed by atoms with van der Waals surface area (Å²) in [5.74, 6) is -0.334. The normalized spacial score (nSPS) is 18.3. The van der Waals surface area contributed by atoms with Crippen molar-refractivity contribution < 1.29 is 14.7 Å². The van der Waals surface area contributed by atoms with E-state index < -0.39 is 5.54 Å². The predicted octanol–water partition coefficient (Wildman–Crippen LogP) is 3.53. The van der Waals surface area contributed by atoms with Gasteiger partial charge in [-0.25, -0.2) is 4.79 Å². The number of halogens is 2. The van der Waals surface area contributed by atoms with Crippen molar-refractivity contribution in [2.24, 2.45) is 0 Å². The van der Waals surface area contributed by atoms with Gasteiger partial charge in [0.05, 0.1) is 16.6 Å². The number of nitrogens with zero attached hydrogens (tertiary/aromatic N) is 4. The summed E-state index contributed by atoms with van der Waals surface area (Å²) >= 11 is 13.2. The van der Waals surface area contributed by atoms with Crippen molar-refractivity contribution in [3.8, 4) is 16.3 Å². The molecule has 7 nitrogen and oxygen atoms in total. The van der Waals surface area contributed by atoms with E-state index in [1.807, 2.05) is 0 Å². The Morgan fingerprint density at radius 3 is 2.65 bits per heavy atom. The van der Waals surface area contributed by atoms with Gasteiger partial charge in [-0.15, -0.1) is 10.2 Å². The number of carbonyl (C=O) groups excluding carboxylic acids is 2. The lowest BCUT2D eigenvalue weighted by Gasteiger charge is -2.19. The van der Waals surface area contributed by atoms with Crippen LogP contribution in [0.15, 0.2) is 12.1 Å². The van der Waals surface area contributed by atoms with Gasteiger partial charge in [0.2, 0.25) is 0 Å². The van der Waals surface area contributed by atoms with Gasteiger partial charge in [0, 0.05) is 12.1 Å². The molecular weight excluding hydrogens is 399 g/mol. The number of phenols is 1. The average molecular weight is 413 g/mol. The molecule has 2 fully saturated rings. The van der Waals surface area contributed by atoms with Crippen LogP contribution < -0.4 is 0 Å². The number of benzene rings is 1. The number of aromatic nitrogens is 2. The molecule has 0 unspecified atom stereocenters. The van der Waals surface area contributed by atoms with E-state index in [4.69, 9.17) is 23.2 Å². The number of hydrogen-bond acceptors (Lipinski definition) is 6. The van der Waals surface area contributed by atoms with Crippen LogP contribution in [0.2, 0.25) is 10.0 Å². The Bertz CT molecular complexity index is 928. The van der Waals surface area contributed by atoms with E-state index in [1.165, 1.54) is 22.3 Å². The molecule has 4 rings (SSSR count). The van der Waals surface area contributed by atoms with Crippen LogP contribution in [0.1, 0.15) is 24.8 Å². The summed E-state index contributed by atoms with van der Waals surface area (Å²) in [5.41, 5.74) is -0.188. The first-order valence-corrected chi connectivity index (χ1v) is 9.59. The van der Waals surface area contributed by atoms with Gasteiger partial charge in [0.15, 0.2) is 5.75 Å². The number of hydrogen-bond donors (Lipinski definition) is 1. The highest BCUT2D eigenvalue weighted by atomic mass is 35.5. The molecule has 1 aliphatic carbocycles. The number of phenolic OH excluding ortho intramolecular Hbond substituents is 1. The molecule has 1 spiro atoms. The first kappa shape index (κ1) is 17.5. The Kier molecular flexibility index (Phi) is 4.09. The van der Waals surface area contributed by atoms with Crippen LogP contribution in [0.4, 0.5) is 4.79 Å². The van der Waals surface area contributed by atoms with Crippen molar-refractivity contribution in [3.63, 3.8) is 0 Å². The Balaban J connectivity index is 1.61. The quantitative estimate of drug-likeness (QED) is 0.775. The van der Waals surface area contributed by atoms with Crippen molar-refractivity contribution in [1.29, 1.82) is 0 Å². The third-order valence-corrected chi connectivity index (χ3v) is 6.35. The molecule has 2 heterocycles. The summed E-state index contributed by atoms with van der Waals surface area (Å²) < 4.78 is 0. The summed E-state index contributed by atoms with van der Waals surface area (Å²) in [4.78, 5) is 27.9. The molecule has 1 aromatic heterocycles. The highest BCUT2D eigenvalue weighted by molar-refractivity contribution is 7.14. The topological polar surface area (TPSA) is 86.6 Å². The molecule has 2 aromatic rings. The van der Waals surface area contributed by atoms with Crippen LogP contribution in [0.25, 0.3) is 10.6 Å². The van der Waals surface area contributed by atoms with Crippen molar-refractivity contribution in [1.82, 2.24) is 20.0 Å². The first-order chi connectivity index (χ1) is 12.4. The molecule has 136 valence electrons. The minimum absolute atomic E-state index is 0.100. The van der Waals surface area contributed by atoms with E-state index in [9.17, 15) is 14.7 Å². The van der Waals surface area contributed by atoms with E-state index >= 15 is 0 Å². The fourth-order valence-corrected chi connectivity index (χ4v) is 4.53. The standard InChI is InChI=1S/C16H14Cl2N4O3S/c1-2-21-14(24)16(5-6-16)22(15(21)25)7-10-19-20-13(26-10)8-3-4-9(17)12(23)11(8)18/h3-4,23H,2,5-7H2,1H3. The maximum atomic E-state index is 12.5. The lowest BCUT2D eigenvalue weighted by atomic mass is 10.2. The Morgan fingerprint density at radius 2 is 2.00 bits per heavy atom.